The Morgan fingerprint density at radius 3 is 2.74 bits per heavy atom. The molecule has 1 aromatic heterocycles. The standard InChI is InChI=1S/C25H33BINO2S/c1-24-12-10-19(26(27)30-31-29-3)15-18(24)6-7-20-22-9-8-21(17-5-4-14-28-16-17)25(22,2)13-11-23(20)24/h4-6,8,14,16,19-20,22-23H,7,9-13,15H2,1-3H3. The minimum Gasteiger partial charge on any atom is -0.340 e. The van der Waals surface area contributed by atoms with Crippen LogP contribution in [0.3, 0.4) is 0 Å². The molecule has 6 atom stereocenters. The van der Waals surface area contributed by atoms with E-state index >= 15 is 0 Å². The molecule has 0 saturated heterocycles. The molecule has 0 radical (unpaired) electrons. The summed E-state index contributed by atoms with van der Waals surface area (Å²) in [6.45, 7) is 5.13. The smallest absolute Gasteiger partial charge is 0.340 e. The van der Waals surface area contributed by atoms with Crippen molar-refractivity contribution in [1.82, 2.24) is 4.98 Å². The molecule has 6 heteroatoms. The van der Waals surface area contributed by atoms with E-state index in [1.807, 2.05) is 6.20 Å². The minimum absolute atomic E-state index is 0.210. The van der Waals surface area contributed by atoms with E-state index in [9.17, 15) is 0 Å². The highest BCUT2D eigenvalue weighted by molar-refractivity contribution is 14.1. The van der Waals surface area contributed by atoms with Crippen LogP contribution in [0.5, 0.6) is 0 Å². The molecule has 1 aromatic rings. The van der Waals surface area contributed by atoms with Crippen molar-refractivity contribution in [2.75, 3.05) is 7.11 Å². The van der Waals surface area contributed by atoms with Gasteiger partial charge in [-0.05, 0) is 90.1 Å². The molecule has 0 spiro atoms. The minimum atomic E-state index is 0.210. The Balaban J connectivity index is 1.36. The van der Waals surface area contributed by atoms with Crippen molar-refractivity contribution in [3.8, 4) is 0 Å². The third-order valence-electron chi connectivity index (χ3n) is 9.27. The van der Waals surface area contributed by atoms with E-state index in [1.54, 1.807) is 18.3 Å². The van der Waals surface area contributed by atoms with Crippen LogP contribution in [-0.2, 0) is 8.28 Å². The topological polar surface area (TPSA) is 31.4 Å². The number of halogens is 1. The summed E-state index contributed by atoms with van der Waals surface area (Å²) in [6, 6.07) is 4.34. The molecule has 4 aliphatic rings. The van der Waals surface area contributed by atoms with Crippen LogP contribution in [-0.4, -0.2) is 16.9 Å². The summed E-state index contributed by atoms with van der Waals surface area (Å²) < 4.78 is 11.1. The molecule has 31 heavy (non-hydrogen) atoms. The number of pyridine rings is 1. The first-order valence-electron chi connectivity index (χ1n) is 11.8. The summed E-state index contributed by atoms with van der Waals surface area (Å²) in [4.78, 5) is 4.41. The maximum absolute atomic E-state index is 5.82. The highest BCUT2D eigenvalue weighted by Gasteiger charge is 2.57. The fourth-order valence-corrected chi connectivity index (χ4v) is 8.78. The summed E-state index contributed by atoms with van der Waals surface area (Å²) in [5.74, 6) is 3.01. The molecule has 2 saturated carbocycles. The number of nitrogens with zero attached hydrogens (tertiary/aromatic N) is 1. The normalized spacial score (nSPS) is 39.1. The van der Waals surface area contributed by atoms with Crippen LogP contribution in [0.25, 0.3) is 5.57 Å². The summed E-state index contributed by atoms with van der Waals surface area (Å²) >= 11 is 3.58. The van der Waals surface area contributed by atoms with Gasteiger partial charge >= 0.3 is 4.77 Å². The Morgan fingerprint density at radius 2 is 1.97 bits per heavy atom. The van der Waals surface area contributed by atoms with E-state index in [0.29, 0.717) is 16.6 Å². The van der Waals surface area contributed by atoms with Crippen molar-refractivity contribution < 1.29 is 8.28 Å². The van der Waals surface area contributed by atoms with E-state index in [2.05, 4.69) is 71.7 Å². The first-order chi connectivity index (χ1) is 15.0. The quantitative estimate of drug-likeness (QED) is 0.164. The number of hydrogen-bond acceptors (Lipinski definition) is 4. The Bertz CT molecular complexity index is 880. The van der Waals surface area contributed by atoms with Gasteiger partial charge in [-0.25, -0.2) is 0 Å². The molecule has 0 bridgehead atoms. The maximum Gasteiger partial charge on any atom is 0.386 e. The van der Waals surface area contributed by atoms with Gasteiger partial charge in [0.05, 0.1) is 7.11 Å². The van der Waals surface area contributed by atoms with Gasteiger partial charge in [-0.15, -0.1) is 22.4 Å². The number of rotatable bonds is 5. The fraction of sp³-hybridized carbons (Fsp3) is 0.640. The molecule has 166 valence electrons. The SMILES string of the molecule is COSOB(I)C1CCC2(C)C(=CCC3C2CCC2(C)C(c4cccnc4)=CCC32)C1. The van der Waals surface area contributed by atoms with Crippen LogP contribution < -0.4 is 0 Å². The van der Waals surface area contributed by atoms with Gasteiger partial charge in [0, 0.05) is 12.4 Å². The van der Waals surface area contributed by atoms with Crippen molar-refractivity contribution >= 4 is 45.0 Å². The van der Waals surface area contributed by atoms with Crippen LogP contribution >= 0.6 is 34.7 Å². The lowest BCUT2D eigenvalue weighted by Gasteiger charge is -2.58. The molecule has 5 rings (SSSR count). The van der Waals surface area contributed by atoms with Crippen molar-refractivity contribution in [2.24, 2.45) is 28.6 Å². The molecule has 0 amide bonds. The molecular weight excluding hydrogens is 516 g/mol. The van der Waals surface area contributed by atoms with Gasteiger partial charge in [0.15, 0.2) is 0 Å². The molecule has 0 N–H and O–H groups in total. The Kier molecular flexibility index (Phi) is 6.39. The van der Waals surface area contributed by atoms with E-state index in [-0.39, 0.29) is 4.77 Å². The van der Waals surface area contributed by atoms with Crippen LogP contribution in [0.2, 0.25) is 5.82 Å². The third-order valence-corrected chi connectivity index (χ3v) is 11.3. The van der Waals surface area contributed by atoms with Crippen molar-refractivity contribution in [2.45, 2.75) is 64.6 Å². The van der Waals surface area contributed by atoms with E-state index in [1.165, 1.54) is 50.5 Å². The number of aromatic nitrogens is 1. The van der Waals surface area contributed by atoms with Gasteiger partial charge in [-0.2, -0.15) is 0 Å². The lowest BCUT2D eigenvalue weighted by Crippen LogP contribution is -2.49. The van der Waals surface area contributed by atoms with Crippen LogP contribution in [0, 0.1) is 28.6 Å². The predicted octanol–water partition coefficient (Wildman–Crippen LogP) is 7.56. The van der Waals surface area contributed by atoms with Crippen LogP contribution in [0.1, 0.15) is 64.4 Å². The number of allylic oxidation sites excluding steroid dienone is 4. The van der Waals surface area contributed by atoms with Crippen molar-refractivity contribution in [1.29, 1.82) is 0 Å². The molecule has 0 aromatic carbocycles. The zero-order valence-electron chi connectivity index (χ0n) is 18.9. The second-order valence-electron chi connectivity index (χ2n) is 10.5. The fourth-order valence-electron chi connectivity index (χ4n) is 7.61. The zero-order valence-corrected chi connectivity index (χ0v) is 21.8. The van der Waals surface area contributed by atoms with Gasteiger partial charge in [0.25, 0.3) is 0 Å². The zero-order chi connectivity index (χ0) is 21.6. The molecule has 2 fully saturated rings. The van der Waals surface area contributed by atoms with Crippen molar-refractivity contribution in [3.05, 3.63) is 47.8 Å². The van der Waals surface area contributed by atoms with E-state index in [0.717, 1.165) is 30.1 Å². The number of hydrogen-bond donors (Lipinski definition) is 0. The third kappa shape index (κ3) is 3.77. The molecule has 4 aliphatic carbocycles. The average molecular weight is 549 g/mol. The lowest BCUT2D eigenvalue weighted by molar-refractivity contribution is -0.00995. The Hall–Kier alpha value is -0.305. The maximum atomic E-state index is 5.82. The summed E-state index contributed by atoms with van der Waals surface area (Å²) in [5, 5.41) is 0. The van der Waals surface area contributed by atoms with Crippen molar-refractivity contribution in [3.63, 3.8) is 0 Å². The second kappa shape index (κ2) is 8.81. The highest BCUT2D eigenvalue weighted by atomic mass is 127. The first kappa shape index (κ1) is 22.5. The van der Waals surface area contributed by atoms with Gasteiger partial charge in [-0.1, -0.05) is 44.1 Å². The largest absolute Gasteiger partial charge is 0.386 e. The van der Waals surface area contributed by atoms with Gasteiger partial charge in [-0.3, -0.25) is 9.17 Å². The summed E-state index contributed by atoms with van der Waals surface area (Å²) in [7, 11) is 1.67. The summed E-state index contributed by atoms with van der Waals surface area (Å²) in [5.41, 5.74) is 5.31. The molecule has 1 heterocycles. The Labute approximate surface area is 205 Å². The Morgan fingerprint density at radius 1 is 1.13 bits per heavy atom. The van der Waals surface area contributed by atoms with E-state index < -0.39 is 0 Å². The van der Waals surface area contributed by atoms with Gasteiger partial charge < -0.3 is 4.10 Å². The van der Waals surface area contributed by atoms with Crippen LogP contribution in [0.15, 0.2) is 42.3 Å². The van der Waals surface area contributed by atoms with Crippen LogP contribution in [0.4, 0.5) is 0 Å². The van der Waals surface area contributed by atoms with Gasteiger partial charge in [0.2, 0.25) is 0 Å². The second-order valence-corrected chi connectivity index (χ2v) is 12.4. The van der Waals surface area contributed by atoms with Gasteiger partial charge in [0.1, 0.15) is 12.3 Å². The average Bonchev–Trinajstić information content (AvgIpc) is 3.14. The van der Waals surface area contributed by atoms with E-state index in [4.69, 9.17) is 8.28 Å². The molecule has 6 unspecified atom stereocenters. The number of fused-ring (bicyclic) bond motifs is 5. The first-order valence-corrected chi connectivity index (χ1v) is 13.7. The molecule has 0 aliphatic heterocycles. The highest BCUT2D eigenvalue weighted by Crippen LogP contribution is 2.67. The summed E-state index contributed by atoms with van der Waals surface area (Å²) in [6.07, 6.45) is 18.1. The molecule has 3 nitrogen and oxygen atoms in total. The monoisotopic (exact) mass is 549 g/mol. The molecular formula is C25H33BINO2S. The predicted molar refractivity (Wildman–Crippen MR) is 139 cm³/mol. The lowest BCUT2D eigenvalue weighted by atomic mass is 9.45.